The van der Waals surface area contributed by atoms with Gasteiger partial charge < -0.3 is 15.2 Å². The third-order valence-corrected chi connectivity index (χ3v) is 2.83. The lowest BCUT2D eigenvalue weighted by Crippen LogP contribution is -2.29. The summed E-state index contributed by atoms with van der Waals surface area (Å²) in [6.07, 6.45) is 1.79. The minimum atomic E-state index is -0.599. The summed E-state index contributed by atoms with van der Waals surface area (Å²) < 4.78 is 11.3. The number of nitrogens with two attached hydrogens (primary N) is 1. The number of hydrogen-bond donors (Lipinski definition) is 1. The van der Waals surface area contributed by atoms with E-state index >= 15 is 0 Å². The maximum atomic E-state index is 6.16. The van der Waals surface area contributed by atoms with Crippen molar-refractivity contribution in [1.82, 2.24) is 0 Å². The third kappa shape index (κ3) is 2.25. The topological polar surface area (TPSA) is 44.5 Å². The average Bonchev–Trinajstić information content (AvgIpc) is 2.47. The van der Waals surface area contributed by atoms with E-state index in [9.17, 15) is 0 Å². The number of rotatable bonds is 3. The zero-order valence-corrected chi connectivity index (χ0v) is 10.3. The van der Waals surface area contributed by atoms with Crippen LogP contribution in [0.1, 0.15) is 25.8 Å². The molecule has 2 rings (SSSR count). The molecule has 0 radical (unpaired) electrons. The quantitative estimate of drug-likeness (QED) is 0.885. The van der Waals surface area contributed by atoms with Gasteiger partial charge in [0.15, 0.2) is 11.5 Å². The van der Waals surface area contributed by atoms with Gasteiger partial charge in [-0.05, 0) is 31.0 Å². The fourth-order valence-electron chi connectivity index (χ4n) is 1.77. The Labute approximate surface area is 100 Å². The Morgan fingerprint density at radius 3 is 2.50 bits per heavy atom. The highest BCUT2D eigenvalue weighted by atomic mass is 35.5. The Balaban J connectivity index is 2.26. The van der Waals surface area contributed by atoms with Crippen LogP contribution < -0.4 is 15.2 Å². The number of hydrogen-bond acceptors (Lipinski definition) is 3. The maximum Gasteiger partial charge on any atom is 0.246 e. The zero-order valence-electron chi connectivity index (χ0n) is 9.55. The van der Waals surface area contributed by atoms with E-state index in [4.69, 9.17) is 26.8 Å². The van der Waals surface area contributed by atoms with E-state index in [-0.39, 0.29) is 0 Å². The van der Waals surface area contributed by atoms with Crippen LogP contribution in [-0.2, 0) is 6.42 Å². The molecule has 1 heterocycles. The second-order valence-electron chi connectivity index (χ2n) is 4.39. The van der Waals surface area contributed by atoms with Gasteiger partial charge in [0, 0.05) is 24.9 Å². The molecule has 1 aliphatic rings. The van der Waals surface area contributed by atoms with Crippen LogP contribution >= 0.6 is 11.6 Å². The molecule has 1 aromatic carbocycles. The van der Waals surface area contributed by atoms with Crippen molar-refractivity contribution in [3.8, 4) is 11.5 Å². The highest BCUT2D eigenvalue weighted by Gasteiger charge is 2.32. The maximum absolute atomic E-state index is 6.16. The average molecular weight is 242 g/mol. The van der Waals surface area contributed by atoms with Gasteiger partial charge in [-0.15, -0.1) is 0 Å². The smallest absolute Gasteiger partial charge is 0.246 e. The summed E-state index contributed by atoms with van der Waals surface area (Å²) in [5.74, 6) is 0.881. The Morgan fingerprint density at radius 2 is 1.88 bits per heavy atom. The van der Waals surface area contributed by atoms with Gasteiger partial charge in [0.05, 0.1) is 0 Å². The van der Waals surface area contributed by atoms with E-state index in [1.165, 1.54) is 0 Å². The van der Waals surface area contributed by atoms with E-state index in [2.05, 4.69) is 0 Å². The first-order valence-corrected chi connectivity index (χ1v) is 5.80. The lowest BCUT2D eigenvalue weighted by Gasteiger charge is -2.16. The molecule has 88 valence electrons. The molecule has 0 fully saturated rings. The lowest BCUT2D eigenvalue weighted by molar-refractivity contribution is -0.0431. The first kappa shape index (κ1) is 11.6. The molecule has 0 aromatic heterocycles. The first-order valence-electron chi connectivity index (χ1n) is 5.42. The SMILES string of the molecule is CC1(C)Oc2cc(Cl)c(CCCN)cc2O1. The summed E-state index contributed by atoms with van der Waals surface area (Å²) in [5.41, 5.74) is 6.55. The molecule has 3 nitrogen and oxygen atoms in total. The van der Waals surface area contributed by atoms with Crippen molar-refractivity contribution in [3.05, 3.63) is 22.7 Å². The Bertz CT molecular complexity index is 404. The van der Waals surface area contributed by atoms with Crippen LogP contribution in [0.25, 0.3) is 0 Å². The predicted molar refractivity (Wildman–Crippen MR) is 64.2 cm³/mol. The van der Waals surface area contributed by atoms with Crippen molar-refractivity contribution in [2.75, 3.05) is 6.54 Å². The van der Waals surface area contributed by atoms with Gasteiger partial charge in [-0.1, -0.05) is 11.6 Å². The van der Waals surface area contributed by atoms with Crippen molar-refractivity contribution in [3.63, 3.8) is 0 Å². The number of aryl methyl sites for hydroxylation is 1. The highest BCUT2D eigenvalue weighted by molar-refractivity contribution is 6.31. The Morgan fingerprint density at radius 1 is 1.25 bits per heavy atom. The first-order chi connectivity index (χ1) is 7.52. The molecule has 2 N–H and O–H groups in total. The van der Waals surface area contributed by atoms with Gasteiger partial charge in [0.25, 0.3) is 0 Å². The second-order valence-corrected chi connectivity index (χ2v) is 4.79. The number of ether oxygens (including phenoxy) is 2. The van der Waals surface area contributed by atoms with Crippen molar-refractivity contribution in [2.45, 2.75) is 32.5 Å². The molecule has 1 aromatic rings. The molecule has 1 aliphatic heterocycles. The van der Waals surface area contributed by atoms with E-state index in [1.807, 2.05) is 26.0 Å². The Hall–Kier alpha value is -0.930. The minimum Gasteiger partial charge on any atom is -0.449 e. The van der Waals surface area contributed by atoms with Crippen LogP contribution in [-0.4, -0.2) is 12.3 Å². The zero-order chi connectivity index (χ0) is 11.8. The van der Waals surface area contributed by atoms with Crippen LogP contribution in [0.3, 0.4) is 0 Å². The van der Waals surface area contributed by atoms with E-state index in [0.29, 0.717) is 17.3 Å². The molecule has 0 spiro atoms. The standard InChI is InChI=1S/C12H16ClNO2/c1-12(2)15-10-6-8(4-3-5-14)9(13)7-11(10)16-12/h6-7H,3-5,14H2,1-2H3. The molecule has 0 saturated heterocycles. The minimum absolute atomic E-state index is 0.599. The molecular formula is C12H16ClNO2. The Kier molecular flexibility index (Phi) is 3.00. The van der Waals surface area contributed by atoms with Gasteiger partial charge in [-0.2, -0.15) is 0 Å². The summed E-state index contributed by atoms with van der Waals surface area (Å²) in [6.45, 7) is 4.41. The van der Waals surface area contributed by atoms with E-state index in [0.717, 1.165) is 24.2 Å². The monoisotopic (exact) mass is 241 g/mol. The van der Waals surface area contributed by atoms with Crippen LogP contribution in [0, 0.1) is 0 Å². The van der Waals surface area contributed by atoms with Gasteiger partial charge in [0.2, 0.25) is 5.79 Å². The summed E-state index contributed by atoms with van der Waals surface area (Å²) in [7, 11) is 0. The fraction of sp³-hybridized carbons (Fsp3) is 0.500. The third-order valence-electron chi connectivity index (χ3n) is 2.47. The molecular weight excluding hydrogens is 226 g/mol. The predicted octanol–water partition coefficient (Wildman–Crippen LogP) is 2.74. The van der Waals surface area contributed by atoms with Gasteiger partial charge in [0.1, 0.15) is 0 Å². The number of fused-ring (bicyclic) bond motifs is 1. The molecule has 0 atom stereocenters. The summed E-state index contributed by atoms with van der Waals surface area (Å²) in [6, 6.07) is 3.76. The summed E-state index contributed by atoms with van der Waals surface area (Å²) >= 11 is 6.16. The summed E-state index contributed by atoms with van der Waals surface area (Å²) in [5, 5.41) is 0.716. The van der Waals surface area contributed by atoms with Gasteiger partial charge in [-0.25, -0.2) is 0 Å². The number of halogens is 1. The molecule has 0 amide bonds. The van der Waals surface area contributed by atoms with E-state index < -0.39 is 5.79 Å². The van der Waals surface area contributed by atoms with Crippen LogP contribution in [0.4, 0.5) is 0 Å². The molecule has 0 bridgehead atoms. The summed E-state index contributed by atoms with van der Waals surface area (Å²) in [4.78, 5) is 0. The van der Waals surface area contributed by atoms with E-state index in [1.54, 1.807) is 0 Å². The number of benzene rings is 1. The largest absolute Gasteiger partial charge is 0.449 e. The molecule has 0 saturated carbocycles. The van der Waals surface area contributed by atoms with Crippen molar-refractivity contribution < 1.29 is 9.47 Å². The van der Waals surface area contributed by atoms with Crippen molar-refractivity contribution in [2.24, 2.45) is 5.73 Å². The van der Waals surface area contributed by atoms with Crippen LogP contribution in [0.5, 0.6) is 11.5 Å². The second kappa shape index (κ2) is 4.15. The van der Waals surface area contributed by atoms with Crippen LogP contribution in [0.15, 0.2) is 12.1 Å². The van der Waals surface area contributed by atoms with Crippen molar-refractivity contribution in [1.29, 1.82) is 0 Å². The molecule has 0 aliphatic carbocycles. The normalized spacial score (nSPS) is 16.5. The van der Waals surface area contributed by atoms with Crippen molar-refractivity contribution >= 4 is 11.6 Å². The molecule has 0 unspecified atom stereocenters. The van der Waals surface area contributed by atoms with Gasteiger partial charge >= 0.3 is 0 Å². The van der Waals surface area contributed by atoms with Gasteiger partial charge in [-0.3, -0.25) is 0 Å². The van der Waals surface area contributed by atoms with Crippen LogP contribution in [0.2, 0.25) is 5.02 Å². The lowest BCUT2D eigenvalue weighted by atomic mass is 10.1. The molecule has 16 heavy (non-hydrogen) atoms. The molecule has 4 heteroatoms. The highest BCUT2D eigenvalue weighted by Crippen LogP contribution is 2.42. The fourth-order valence-corrected chi connectivity index (χ4v) is 2.02.